The van der Waals surface area contributed by atoms with E-state index in [1.807, 2.05) is 38.1 Å². The van der Waals surface area contributed by atoms with Crippen LogP contribution in [0.4, 0.5) is 32.3 Å². The van der Waals surface area contributed by atoms with Gasteiger partial charge in [0.2, 0.25) is 17.7 Å². The molecule has 4 rings (SSSR count). The van der Waals surface area contributed by atoms with Crippen molar-refractivity contribution in [1.29, 1.82) is 0 Å². The van der Waals surface area contributed by atoms with Gasteiger partial charge in [-0.15, -0.1) is 0 Å². The van der Waals surface area contributed by atoms with E-state index in [1.54, 1.807) is 86.0 Å². The highest BCUT2D eigenvalue weighted by Gasteiger charge is 2.39. The van der Waals surface area contributed by atoms with Crippen LogP contribution in [0.1, 0.15) is 71.6 Å². The van der Waals surface area contributed by atoms with Crippen LogP contribution in [0.3, 0.4) is 0 Å². The van der Waals surface area contributed by atoms with E-state index in [2.05, 4.69) is 16.0 Å². The highest BCUT2D eigenvalue weighted by molar-refractivity contribution is 5.98. The van der Waals surface area contributed by atoms with Gasteiger partial charge < -0.3 is 36.1 Å². The summed E-state index contributed by atoms with van der Waals surface area (Å²) in [6.07, 6.45) is -0.502. The zero-order chi connectivity index (χ0) is 36.6. The fraction of sp³-hybridized carbons (Fsp3) is 0.378. The topological polar surface area (TPSA) is 172 Å². The normalized spacial score (nSPS) is 15.9. The Morgan fingerprint density at radius 3 is 2.18 bits per heavy atom. The van der Waals surface area contributed by atoms with Gasteiger partial charge in [-0.3, -0.25) is 19.3 Å². The molecule has 0 fully saturated rings. The van der Waals surface area contributed by atoms with Crippen molar-refractivity contribution in [2.75, 3.05) is 27.0 Å². The summed E-state index contributed by atoms with van der Waals surface area (Å²) in [4.78, 5) is 66.9. The van der Waals surface area contributed by atoms with E-state index in [4.69, 9.17) is 15.2 Å². The van der Waals surface area contributed by atoms with Crippen molar-refractivity contribution in [2.24, 2.45) is 5.73 Å². The fourth-order valence-corrected chi connectivity index (χ4v) is 5.61. The van der Waals surface area contributed by atoms with Gasteiger partial charge in [0, 0.05) is 35.2 Å². The lowest BCUT2D eigenvalue weighted by Crippen LogP contribution is -2.47. The van der Waals surface area contributed by atoms with E-state index < -0.39 is 35.8 Å². The van der Waals surface area contributed by atoms with Crippen LogP contribution in [0.15, 0.2) is 72.8 Å². The third-order valence-electron chi connectivity index (χ3n) is 7.96. The molecule has 0 radical (unpaired) electrons. The highest BCUT2D eigenvalue weighted by atomic mass is 16.6. The number of fused-ring (bicyclic) bond motifs is 1. The number of rotatable bonds is 10. The first-order chi connectivity index (χ1) is 23.7. The number of alkyl carbamates (subject to hydrolysis) is 1. The SMILES string of the molecule is CCC(=O)N1c2ccccc2[C@H](N(C(=O)OCc2ccc(NC(=O)[C@H](C)NC(=O)OC(C)(C)C)cc2)c2ccc(NC(=O)CN)cc2)C[C@@H]1C. The molecular formula is C37H46N6O7. The molecule has 0 aliphatic carbocycles. The molecule has 0 unspecified atom stereocenters. The minimum Gasteiger partial charge on any atom is -0.444 e. The summed E-state index contributed by atoms with van der Waals surface area (Å²) in [5.74, 6) is -0.784. The van der Waals surface area contributed by atoms with Gasteiger partial charge in [0.25, 0.3) is 0 Å². The van der Waals surface area contributed by atoms with E-state index in [9.17, 15) is 24.0 Å². The number of hydrogen-bond donors (Lipinski definition) is 4. The summed E-state index contributed by atoms with van der Waals surface area (Å²) in [5, 5.41) is 7.96. The number of ether oxygens (including phenoxy) is 2. The molecule has 3 atom stereocenters. The molecule has 5 N–H and O–H groups in total. The van der Waals surface area contributed by atoms with Crippen LogP contribution in [-0.4, -0.2) is 54.1 Å². The maximum absolute atomic E-state index is 14.0. The first-order valence-corrected chi connectivity index (χ1v) is 16.6. The first-order valence-electron chi connectivity index (χ1n) is 16.6. The minimum absolute atomic E-state index is 0.00840. The summed E-state index contributed by atoms with van der Waals surface area (Å²) in [5.41, 5.74) is 8.52. The largest absolute Gasteiger partial charge is 0.444 e. The average molecular weight is 687 g/mol. The standard InChI is InChI=1S/C37H46N6O7/c1-7-33(45)42-23(2)20-31(29-10-8-9-11-30(29)42)43(28-18-16-26(17-19-28)40-32(44)21-38)36(48)49-22-25-12-14-27(15-13-25)41-34(46)24(3)39-35(47)50-37(4,5)6/h8-19,23-24,31H,7,20-22,38H2,1-6H3,(H,39,47)(H,40,44)(H,41,46)/t23-,24-,31+/m0/s1. The number of hydrogen-bond acceptors (Lipinski definition) is 8. The number of carbonyl (C=O) groups excluding carboxylic acids is 5. The van der Waals surface area contributed by atoms with Gasteiger partial charge in [-0.1, -0.05) is 37.3 Å². The molecule has 0 spiro atoms. The van der Waals surface area contributed by atoms with Crippen molar-refractivity contribution in [3.63, 3.8) is 0 Å². The van der Waals surface area contributed by atoms with Gasteiger partial charge in [-0.2, -0.15) is 0 Å². The van der Waals surface area contributed by atoms with E-state index in [0.29, 0.717) is 35.5 Å². The van der Waals surface area contributed by atoms with E-state index >= 15 is 0 Å². The lowest BCUT2D eigenvalue weighted by molar-refractivity contribution is -0.119. The number of para-hydroxylation sites is 1. The molecule has 1 aliphatic heterocycles. The molecule has 0 saturated carbocycles. The lowest BCUT2D eigenvalue weighted by atomic mass is 9.90. The fourth-order valence-electron chi connectivity index (χ4n) is 5.61. The van der Waals surface area contributed by atoms with Gasteiger partial charge in [0.1, 0.15) is 18.2 Å². The smallest absolute Gasteiger partial charge is 0.415 e. The van der Waals surface area contributed by atoms with Crippen molar-refractivity contribution in [3.8, 4) is 0 Å². The van der Waals surface area contributed by atoms with Crippen molar-refractivity contribution in [1.82, 2.24) is 5.32 Å². The van der Waals surface area contributed by atoms with Gasteiger partial charge in [-0.05, 0) is 94.6 Å². The van der Waals surface area contributed by atoms with Crippen molar-refractivity contribution < 1.29 is 33.4 Å². The Morgan fingerprint density at radius 2 is 1.56 bits per heavy atom. The number of carbonyl (C=O) groups is 5. The highest BCUT2D eigenvalue weighted by Crippen LogP contribution is 2.43. The second-order valence-electron chi connectivity index (χ2n) is 13.1. The molecule has 3 aromatic rings. The number of nitrogens with zero attached hydrogens (tertiary/aromatic N) is 2. The molecule has 1 heterocycles. The predicted molar refractivity (Wildman–Crippen MR) is 192 cm³/mol. The second kappa shape index (κ2) is 16.3. The van der Waals surface area contributed by atoms with Crippen LogP contribution in [-0.2, 0) is 30.5 Å². The maximum Gasteiger partial charge on any atom is 0.415 e. The van der Waals surface area contributed by atoms with Crippen molar-refractivity contribution in [3.05, 3.63) is 83.9 Å². The van der Waals surface area contributed by atoms with Gasteiger partial charge in [0.15, 0.2) is 0 Å². The number of benzene rings is 3. The molecule has 13 nitrogen and oxygen atoms in total. The first kappa shape index (κ1) is 37.4. The second-order valence-corrected chi connectivity index (χ2v) is 13.1. The summed E-state index contributed by atoms with van der Waals surface area (Å²) < 4.78 is 11.1. The maximum atomic E-state index is 14.0. The molecule has 0 aromatic heterocycles. The van der Waals surface area contributed by atoms with Crippen LogP contribution in [0, 0.1) is 0 Å². The quantitative estimate of drug-likeness (QED) is 0.206. The number of nitrogens with one attached hydrogen (secondary N) is 3. The molecule has 50 heavy (non-hydrogen) atoms. The summed E-state index contributed by atoms with van der Waals surface area (Å²) in [6.45, 7) is 10.3. The Balaban J connectivity index is 1.52. The predicted octanol–water partition coefficient (Wildman–Crippen LogP) is 5.86. The van der Waals surface area contributed by atoms with Crippen molar-refractivity contribution in [2.45, 2.75) is 84.7 Å². The molecule has 266 valence electrons. The molecular weight excluding hydrogens is 640 g/mol. The molecule has 0 bridgehead atoms. The number of nitrogens with two attached hydrogens (primary N) is 1. The molecule has 1 aliphatic rings. The lowest BCUT2D eigenvalue weighted by Gasteiger charge is -2.43. The summed E-state index contributed by atoms with van der Waals surface area (Å²) in [6, 6.07) is 19.6. The number of amides is 5. The monoisotopic (exact) mass is 686 g/mol. The van der Waals surface area contributed by atoms with E-state index in [1.165, 1.54) is 0 Å². The van der Waals surface area contributed by atoms with E-state index in [0.717, 1.165) is 11.3 Å². The van der Waals surface area contributed by atoms with E-state index in [-0.39, 0.29) is 31.0 Å². The Morgan fingerprint density at radius 1 is 0.940 bits per heavy atom. The molecule has 5 amide bonds. The Bertz CT molecular complexity index is 1690. The minimum atomic E-state index is -0.845. The molecule has 13 heteroatoms. The van der Waals surface area contributed by atoms with Crippen LogP contribution in [0.5, 0.6) is 0 Å². The van der Waals surface area contributed by atoms with Crippen LogP contribution in [0.25, 0.3) is 0 Å². The van der Waals surface area contributed by atoms with Crippen LogP contribution < -0.4 is 31.5 Å². The van der Waals surface area contributed by atoms with Crippen LogP contribution in [0.2, 0.25) is 0 Å². The summed E-state index contributed by atoms with van der Waals surface area (Å²) >= 11 is 0. The Kier molecular flexibility index (Phi) is 12.2. The van der Waals surface area contributed by atoms with Crippen LogP contribution >= 0.6 is 0 Å². The Labute approximate surface area is 292 Å². The Hall–Kier alpha value is -5.43. The average Bonchev–Trinajstić information content (AvgIpc) is 3.07. The van der Waals surface area contributed by atoms with Crippen molar-refractivity contribution >= 4 is 52.7 Å². The molecule has 0 saturated heterocycles. The number of anilines is 4. The van der Waals surface area contributed by atoms with Gasteiger partial charge >= 0.3 is 12.2 Å². The third-order valence-corrected chi connectivity index (χ3v) is 7.96. The summed E-state index contributed by atoms with van der Waals surface area (Å²) in [7, 11) is 0. The van der Waals surface area contributed by atoms with Gasteiger partial charge in [0.05, 0.1) is 12.6 Å². The zero-order valence-corrected chi connectivity index (χ0v) is 29.3. The third kappa shape index (κ3) is 9.59. The molecule has 3 aromatic carbocycles. The zero-order valence-electron chi connectivity index (χ0n) is 29.3. The van der Waals surface area contributed by atoms with Gasteiger partial charge in [-0.25, -0.2) is 9.59 Å².